The van der Waals surface area contributed by atoms with E-state index in [0.717, 1.165) is 19.3 Å². The highest BCUT2D eigenvalue weighted by atomic mass is 16.2. The normalized spacial score (nSPS) is 10.3. The van der Waals surface area contributed by atoms with Crippen LogP contribution < -0.4 is 0 Å². The minimum Gasteiger partial charge on any atom is -0.392 e. The van der Waals surface area contributed by atoms with E-state index in [-0.39, 0.29) is 6.61 Å². The molecular weight excluding hydrogens is 112 g/mol. The van der Waals surface area contributed by atoms with Crippen molar-refractivity contribution in [1.82, 2.24) is 0 Å². The van der Waals surface area contributed by atoms with Gasteiger partial charge in [-0.2, -0.15) is 0 Å². The van der Waals surface area contributed by atoms with Gasteiger partial charge in [-0.1, -0.05) is 18.2 Å². The molecule has 9 heavy (non-hydrogen) atoms. The van der Waals surface area contributed by atoms with Gasteiger partial charge in [-0.15, -0.1) is 6.58 Å². The van der Waals surface area contributed by atoms with E-state index in [1.165, 1.54) is 0 Å². The van der Waals surface area contributed by atoms with Crippen molar-refractivity contribution in [1.29, 1.82) is 0 Å². The van der Waals surface area contributed by atoms with E-state index in [1.54, 1.807) is 6.08 Å². The number of hydrogen-bond acceptors (Lipinski definition) is 1. The van der Waals surface area contributed by atoms with Crippen LogP contribution in [0.15, 0.2) is 24.8 Å². The van der Waals surface area contributed by atoms with Crippen molar-refractivity contribution in [2.75, 3.05) is 6.61 Å². The van der Waals surface area contributed by atoms with Crippen LogP contribution in [0, 0.1) is 0 Å². The fourth-order valence-corrected chi connectivity index (χ4v) is 0.572. The summed E-state index contributed by atoms with van der Waals surface area (Å²) in [6.07, 6.45) is 8.92. The molecular formula is C8H14O. The molecule has 0 radical (unpaired) electrons. The molecule has 0 rings (SSSR count). The Hall–Kier alpha value is -0.560. The number of rotatable bonds is 5. The summed E-state index contributed by atoms with van der Waals surface area (Å²) in [6.45, 7) is 3.77. The Labute approximate surface area is 56.7 Å². The van der Waals surface area contributed by atoms with Crippen molar-refractivity contribution in [2.45, 2.75) is 19.3 Å². The van der Waals surface area contributed by atoms with E-state index in [4.69, 9.17) is 5.11 Å². The fourth-order valence-electron chi connectivity index (χ4n) is 0.572. The van der Waals surface area contributed by atoms with E-state index in [0.29, 0.717) is 0 Å². The van der Waals surface area contributed by atoms with Crippen LogP contribution in [0.1, 0.15) is 19.3 Å². The van der Waals surface area contributed by atoms with E-state index < -0.39 is 0 Å². The van der Waals surface area contributed by atoms with Crippen LogP contribution in [0.25, 0.3) is 0 Å². The highest BCUT2D eigenvalue weighted by Gasteiger charge is 1.76. The first kappa shape index (κ1) is 8.44. The van der Waals surface area contributed by atoms with E-state index in [9.17, 15) is 0 Å². The monoisotopic (exact) mass is 126 g/mol. The highest BCUT2D eigenvalue weighted by molar-refractivity contribution is 4.81. The molecule has 0 spiro atoms. The van der Waals surface area contributed by atoms with Gasteiger partial charge in [0.25, 0.3) is 0 Å². The smallest absolute Gasteiger partial charge is 0.0612 e. The number of hydrogen-bond donors (Lipinski definition) is 1. The summed E-state index contributed by atoms with van der Waals surface area (Å²) < 4.78 is 0. The van der Waals surface area contributed by atoms with E-state index >= 15 is 0 Å². The lowest BCUT2D eigenvalue weighted by atomic mass is 10.2. The summed E-state index contributed by atoms with van der Waals surface area (Å²) in [5.74, 6) is 0. The zero-order valence-electron chi connectivity index (χ0n) is 5.71. The molecule has 0 atom stereocenters. The number of allylic oxidation sites excluding steroid dienone is 2. The molecule has 0 saturated heterocycles. The van der Waals surface area contributed by atoms with Crippen LogP contribution in [-0.2, 0) is 0 Å². The van der Waals surface area contributed by atoms with Crippen molar-refractivity contribution in [3.8, 4) is 0 Å². The first-order chi connectivity index (χ1) is 4.41. The lowest BCUT2D eigenvalue weighted by Gasteiger charge is -1.86. The molecule has 0 aromatic carbocycles. The molecule has 0 amide bonds. The van der Waals surface area contributed by atoms with E-state index in [2.05, 4.69) is 6.58 Å². The topological polar surface area (TPSA) is 20.2 Å². The Morgan fingerprint density at radius 1 is 1.22 bits per heavy atom. The average Bonchev–Trinajstić information content (AvgIpc) is 1.89. The standard InChI is InChI=1S/C8H14O/c1-2-3-4-5-6-7-8-9/h2,6-7,9H,1,3-5,8H2/b7-6+. The molecule has 0 aromatic heterocycles. The van der Waals surface area contributed by atoms with Gasteiger partial charge in [0.1, 0.15) is 0 Å². The zero-order chi connectivity index (χ0) is 6.95. The Morgan fingerprint density at radius 2 is 2.00 bits per heavy atom. The third kappa shape index (κ3) is 7.44. The van der Waals surface area contributed by atoms with Crippen molar-refractivity contribution in [3.63, 3.8) is 0 Å². The third-order valence-electron chi connectivity index (χ3n) is 1.05. The molecule has 52 valence electrons. The Morgan fingerprint density at radius 3 is 2.56 bits per heavy atom. The summed E-state index contributed by atoms with van der Waals surface area (Å²) in [7, 11) is 0. The lowest BCUT2D eigenvalue weighted by Crippen LogP contribution is -1.72. The molecule has 1 heteroatoms. The van der Waals surface area contributed by atoms with Crippen LogP contribution in [-0.4, -0.2) is 11.7 Å². The molecule has 0 fully saturated rings. The van der Waals surface area contributed by atoms with Gasteiger partial charge in [0.05, 0.1) is 6.61 Å². The summed E-state index contributed by atoms with van der Waals surface area (Å²) in [4.78, 5) is 0. The van der Waals surface area contributed by atoms with Crippen LogP contribution in [0.2, 0.25) is 0 Å². The van der Waals surface area contributed by atoms with Crippen LogP contribution in [0.5, 0.6) is 0 Å². The second-order valence-corrected chi connectivity index (χ2v) is 1.87. The quantitative estimate of drug-likeness (QED) is 0.440. The summed E-state index contributed by atoms with van der Waals surface area (Å²) in [5.41, 5.74) is 0. The first-order valence-electron chi connectivity index (χ1n) is 3.28. The van der Waals surface area contributed by atoms with Gasteiger partial charge in [-0.25, -0.2) is 0 Å². The van der Waals surface area contributed by atoms with Crippen molar-refractivity contribution in [3.05, 3.63) is 24.8 Å². The summed E-state index contributed by atoms with van der Waals surface area (Å²) in [6, 6.07) is 0. The average molecular weight is 126 g/mol. The van der Waals surface area contributed by atoms with Gasteiger partial charge in [0, 0.05) is 0 Å². The first-order valence-corrected chi connectivity index (χ1v) is 3.28. The molecule has 0 heterocycles. The van der Waals surface area contributed by atoms with Gasteiger partial charge in [0.2, 0.25) is 0 Å². The fraction of sp³-hybridized carbons (Fsp3) is 0.500. The largest absolute Gasteiger partial charge is 0.392 e. The summed E-state index contributed by atoms with van der Waals surface area (Å²) >= 11 is 0. The van der Waals surface area contributed by atoms with Gasteiger partial charge < -0.3 is 5.11 Å². The van der Waals surface area contributed by atoms with Crippen LogP contribution in [0.3, 0.4) is 0 Å². The molecule has 0 bridgehead atoms. The van der Waals surface area contributed by atoms with Gasteiger partial charge in [-0.3, -0.25) is 0 Å². The minimum atomic E-state index is 0.161. The van der Waals surface area contributed by atoms with Crippen molar-refractivity contribution < 1.29 is 5.11 Å². The molecule has 0 unspecified atom stereocenters. The van der Waals surface area contributed by atoms with Crippen LogP contribution >= 0.6 is 0 Å². The Kier molecular flexibility index (Phi) is 6.98. The number of aliphatic hydroxyl groups excluding tert-OH is 1. The maximum Gasteiger partial charge on any atom is 0.0612 e. The van der Waals surface area contributed by atoms with Gasteiger partial charge >= 0.3 is 0 Å². The van der Waals surface area contributed by atoms with E-state index in [1.807, 2.05) is 12.2 Å². The molecule has 0 aliphatic heterocycles. The molecule has 1 nitrogen and oxygen atoms in total. The Balaban J connectivity index is 2.90. The number of unbranched alkanes of at least 4 members (excludes halogenated alkanes) is 2. The van der Waals surface area contributed by atoms with Crippen LogP contribution in [0.4, 0.5) is 0 Å². The third-order valence-corrected chi connectivity index (χ3v) is 1.05. The SMILES string of the molecule is C=CCCC/C=C/CO. The van der Waals surface area contributed by atoms with Gasteiger partial charge in [0.15, 0.2) is 0 Å². The maximum absolute atomic E-state index is 8.32. The maximum atomic E-state index is 8.32. The molecule has 0 aromatic rings. The molecule has 0 aliphatic carbocycles. The van der Waals surface area contributed by atoms with Crippen molar-refractivity contribution >= 4 is 0 Å². The summed E-state index contributed by atoms with van der Waals surface area (Å²) in [5, 5.41) is 8.32. The zero-order valence-corrected chi connectivity index (χ0v) is 5.71. The molecule has 0 saturated carbocycles. The molecule has 1 N–H and O–H groups in total. The van der Waals surface area contributed by atoms with Crippen molar-refractivity contribution in [2.24, 2.45) is 0 Å². The predicted molar refractivity (Wildman–Crippen MR) is 40.3 cm³/mol. The lowest BCUT2D eigenvalue weighted by molar-refractivity contribution is 0.342. The second-order valence-electron chi connectivity index (χ2n) is 1.87. The highest BCUT2D eigenvalue weighted by Crippen LogP contribution is 1.95. The molecule has 0 aliphatic rings. The Bertz CT molecular complexity index is 84.6. The minimum absolute atomic E-state index is 0.161. The van der Waals surface area contributed by atoms with Gasteiger partial charge in [-0.05, 0) is 19.3 Å². The second kappa shape index (κ2) is 7.44. The predicted octanol–water partition coefficient (Wildman–Crippen LogP) is 1.89. The number of aliphatic hydroxyl groups is 1.